The number of nitrogens with one attached hydrogen (secondary N) is 3. The van der Waals surface area contributed by atoms with Gasteiger partial charge in [0.25, 0.3) is 11.8 Å². The first-order valence-electron chi connectivity index (χ1n) is 9.72. The Kier molecular flexibility index (Phi) is 7.00. The van der Waals surface area contributed by atoms with Crippen molar-refractivity contribution in [2.45, 2.75) is 19.4 Å². The number of rotatable bonds is 8. The third-order valence-corrected chi connectivity index (χ3v) is 4.77. The first-order chi connectivity index (χ1) is 14.5. The van der Waals surface area contributed by atoms with E-state index in [1.54, 1.807) is 24.3 Å². The lowest BCUT2D eigenvalue weighted by Gasteiger charge is -2.16. The van der Waals surface area contributed by atoms with Crippen LogP contribution in [0.3, 0.4) is 0 Å². The minimum atomic E-state index is -0.575. The molecule has 0 spiro atoms. The maximum atomic E-state index is 13.0. The SMILES string of the molecule is CCC(O)CNNC(=O)c1c(NC(=O)c2cccc3ccccc23)cccc1OC. The average molecular weight is 407 g/mol. The minimum absolute atomic E-state index is 0.187. The molecule has 0 bridgehead atoms. The van der Waals surface area contributed by atoms with Gasteiger partial charge in [-0.05, 0) is 35.4 Å². The number of benzene rings is 3. The van der Waals surface area contributed by atoms with Crippen molar-refractivity contribution in [2.75, 3.05) is 19.0 Å². The highest BCUT2D eigenvalue weighted by Crippen LogP contribution is 2.27. The lowest BCUT2D eigenvalue weighted by atomic mass is 10.0. The molecule has 4 N–H and O–H groups in total. The molecule has 30 heavy (non-hydrogen) atoms. The summed E-state index contributed by atoms with van der Waals surface area (Å²) < 4.78 is 5.32. The van der Waals surface area contributed by atoms with Crippen molar-refractivity contribution < 1.29 is 19.4 Å². The van der Waals surface area contributed by atoms with Crippen LogP contribution >= 0.6 is 0 Å². The van der Waals surface area contributed by atoms with E-state index in [0.717, 1.165) is 10.8 Å². The molecule has 156 valence electrons. The number of hydrogen-bond donors (Lipinski definition) is 4. The molecule has 0 saturated carbocycles. The highest BCUT2D eigenvalue weighted by molar-refractivity contribution is 6.15. The lowest BCUT2D eigenvalue weighted by molar-refractivity contribution is 0.0913. The van der Waals surface area contributed by atoms with Gasteiger partial charge in [-0.25, -0.2) is 5.43 Å². The second-order valence-electron chi connectivity index (χ2n) is 6.76. The predicted octanol–water partition coefficient (Wildman–Crippen LogP) is 3.11. The van der Waals surface area contributed by atoms with Crippen molar-refractivity contribution in [1.29, 1.82) is 0 Å². The Morgan fingerprint density at radius 2 is 1.73 bits per heavy atom. The Balaban J connectivity index is 1.87. The van der Waals surface area contributed by atoms with Crippen LogP contribution in [0, 0.1) is 0 Å². The summed E-state index contributed by atoms with van der Waals surface area (Å²) in [5.41, 5.74) is 6.26. The third kappa shape index (κ3) is 4.76. The molecule has 7 nitrogen and oxygen atoms in total. The van der Waals surface area contributed by atoms with Gasteiger partial charge in [0.1, 0.15) is 11.3 Å². The fraction of sp³-hybridized carbons (Fsp3) is 0.217. The maximum Gasteiger partial charge on any atom is 0.271 e. The molecule has 0 aromatic heterocycles. The third-order valence-electron chi connectivity index (χ3n) is 4.77. The molecule has 0 aliphatic rings. The van der Waals surface area contributed by atoms with E-state index in [1.807, 2.05) is 43.3 Å². The summed E-state index contributed by atoms with van der Waals surface area (Å²) in [6.07, 6.45) is -0.0161. The number of fused-ring (bicyclic) bond motifs is 1. The Bertz CT molecular complexity index is 1050. The number of methoxy groups -OCH3 is 1. The van der Waals surface area contributed by atoms with Gasteiger partial charge in [-0.2, -0.15) is 0 Å². The van der Waals surface area contributed by atoms with Gasteiger partial charge in [0, 0.05) is 12.1 Å². The van der Waals surface area contributed by atoms with E-state index in [-0.39, 0.29) is 18.0 Å². The van der Waals surface area contributed by atoms with Crippen molar-refractivity contribution in [1.82, 2.24) is 10.9 Å². The fourth-order valence-corrected chi connectivity index (χ4v) is 3.11. The molecule has 0 aliphatic heterocycles. The van der Waals surface area contributed by atoms with Gasteiger partial charge in [-0.1, -0.05) is 49.4 Å². The van der Waals surface area contributed by atoms with Crippen LogP contribution < -0.4 is 20.9 Å². The van der Waals surface area contributed by atoms with Gasteiger partial charge in [0.15, 0.2) is 0 Å². The molecule has 1 atom stereocenters. The number of anilines is 1. The Morgan fingerprint density at radius 1 is 1.00 bits per heavy atom. The fourth-order valence-electron chi connectivity index (χ4n) is 3.11. The van der Waals surface area contributed by atoms with Gasteiger partial charge >= 0.3 is 0 Å². The van der Waals surface area contributed by atoms with Gasteiger partial charge < -0.3 is 15.2 Å². The summed E-state index contributed by atoms with van der Waals surface area (Å²) >= 11 is 0. The molecule has 2 amide bonds. The van der Waals surface area contributed by atoms with Crippen molar-refractivity contribution in [3.63, 3.8) is 0 Å². The lowest BCUT2D eigenvalue weighted by Crippen LogP contribution is -2.42. The van der Waals surface area contributed by atoms with Crippen molar-refractivity contribution >= 4 is 28.3 Å². The van der Waals surface area contributed by atoms with E-state index in [2.05, 4.69) is 16.2 Å². The number of aliphatic hydroxyl groups is 1. The average Bonchev–Trinajstić information content (AvgIpc) is 2.78. The second-order valence-corrected chi connectivity index (χ2v) is 6.76. The maximum absolute atomic E-state index is 13.0. The van der Waals surface area contributed by atoms with E-state index < -0.39 is 12.0 Å². The molecule has 0 radical (unpaired) electrons. The van der Waals surface area contributed by atoms with Crippen molar-refractivity contribution in [3.05, 3.63) is 71.8 Å². The number of hydrogen-bond acceptors (Lipinski definition) is 5. The number of carbonyl (C=O) groups excluding carboxylic acids is 2. The second kappa shape index (κ2) is 9.87. The molecule has 0 aliphatic carbocycles. The summed E-state index contributed by atoms with van der Waals surface area (Å²) in [4.78, 5) is 25.8. The van der Waals surface area contributed by atoms with Crippen LogP contribution in [0.15, 0.2) is 60.7 Å². The molecule has 3 aromatic carbocycles. The first kappa shape index (κ1) is 21.3. The topological polar surface area (TPSA) is 99.7 Å². The smallest absolute Gasteiger partial charge is 0.271 e. The van der Waals surface area contributed by atoms with Crippen molar-refractivity contribution in [2.24, 2.45) is 0 Å². The Morgan fingerprint density at radius 3 is 2.50 bits per heavy atom. The molecular formula is C23H25N3O4. The monoisotopic (exact) mass is 407 g/mol. The van der Waals surface area contributed by atoms with Crippen LogP contribution in [-0.2, 0) is 0 Å². The summed E-state index contributed by atoms with van der Waals surface area (Å²) in [6, 6.07) is 18.1. The molecule has 0 fully saturated rings. The molecular weight excluding hydrogens is 382 g/mol. The zero-order chi connectivity index (χ0) is 21.5. The van der Waals surface area contributed by atoms with Crippen LogP contribution in [0.5, 0.6) is 5.75 Å². The van der Waals surface area contributed by atoms with Gasteiger partial charge in [0.2, 0.25) is 0 Å². The van der Waals surface area contributed by atoms with Crippen LogP contribution in [0.2, 0.25) is 0 Å². The largest absolute Gasteiger partial charge is 0.496 e. The normalized spacial score (nSPS) is 11.7. The molecule has 7 heteroatoms. The number of ether oxygens (including phenoxy) is 1. The summed E-state index contributed by atoms with van der Waals surface area (Å²) in [5, 5.41) is 14.2. The van der Waals surface area contributed by atoms with E-state index in [1.165, 1.54) is 7.11 Å². The predicted molar refractivity (Wildman–Crippen MR) is 117 cm³/mol. The zero-order valence-electron chi connectivity index (χ0n) is 16.9. The molecule has 3 rings (SSSR count). The van der Waals surface area contributed by atoms with Crippen LogP contribution in [0.25, 0.3) is 10.8 Å². The zero-order valence-corrected chi connectivity index (χ0v) is 16.9. The summed E-state index contributed by atoms with van der Waals surface area (Å²) in [6.45, 7) is 2.05. The minimum Gasteiger partial charge on any atom is -0.496 e. The summed E-state index contributed by atoms with van der Waals surface area (Å²) in [7, 11) is 1.46. The van der Waals surface area contributed by atoms with Crippen molar-refractivity contribution in [3.8, 4) is 5.75 Å². The van der Waals surface area contributed by atoms with E-state index >= 15 is 0 Å². The molecule has 3 aromatic rings. The Hall–Kier alpha value is -3.42. The number of aliphatic hydroxyl groups excluding tert-OH is 1. The first-order valence-corrected chi connectivity index (χ1v) is 9.72. The molecule has 0 saturated heterocycles. The number of hydrazine groups is 1. The molecule has 1 unspecified atom stereocenters. The standard InChI is InChI=1S/C23H25N3O4/c1-3-16(27)14-24-26-23(29)21-19(12-7-13-20(21)30-2)25-22(28)18-11-6-9-15-8-4-5-10-17(15)18/h4-13,16,24,27H,3,14H2,1-2H3,(H,25,28)(H,26,29). The van der Waals surface area contributed by atoms with E-state index in [0.29, 0.717) is 23.4 Å². The Labute approximate surface area is 175 Å². The van der Waals surface area contributed by atoms with Crippen LogP contribution in [0.4, 0.5) is 5.69 Å². The van der Waals surface area contributed by atoms with Crippen LogP contribution in [0.1, 0.15) is 34.1 Å². The number of carbonyl (C=O) groups is 2. The van der Waals surface area contributed by atoms with E-state index in [4.69, 9.17) is 4.74 Å². The van der Waals surface area contributed by atoms with E-state index in [9.17, 15) is 14.7 Å². The quantitative estimate of drug-likeness (QED) is 0.430. The van der Waals surface area contributed by atoms with Gasteiger partial charge in [-0.3, -0.25) is 15.0 Å². The summed E-state index contributed by atoms with van der Waals surface area (Å²) in [5.74, 6) is -0.492. The van der Waals surface area contributed by atoms with Gasteiger partial charge in [0.05, 0.1) is 18.9 Å². The molecule has 0 heterocycles. The van der Waals surface area contributed by atoms with Crippen LogP contribution in [-0.4, -0.2) is 36.7 Å². The highest BCUT2D eigenvalue weighted by Gasteiger charge is 2.20. The number of amides is 2. The highest BCUT2D eigenvalue weighted by atomic mass is 16.5. The van der Waals surface area contributed by atoms with Gasteiger partial charge in [-0.15, -0.1) is 0 Å².